The highest BCUT2D eigenvalue weighted by Crippen LogP contribution is 2.59. The maximum atomic E-state index is 3.96. The summed E-state index contributed by atoms with van der Waals surface area (Å²) in [5.41, 5.74) is 8.60. The molecule has 4 aliphatic carbocycles. The molecule has 0 radical (unpaired) electrons. The van der Waals surface area contributed by atoms with E-state index in [0.29, 0.717) is 0 Å². The highest BCUT2D eigenvalue weighted by Gasteiger charge is 2.26. The number of hydrogen-bond donors (Lipinski definition) is 0. The lowest BCUT2D eigenvalue weighted by atomic mass is 9.93. The Bertz CT molecular complexity index is 1280. The quantitative estimate of drug-likeness (QED) is 0.305. The van der Waals surface area contributed by atoms with E-state index in [9.17, 15) is 0 Å². The number of rotatable bonds is 4. The van der Waals surface area contributed by atoms with Gasteiger partial charge in [-0.25, -0.2) is 0 Å². The Morgan fingerprint density at radius 3 is 1.32 bits per heavy atom. The van der Waals surface area contributed by atoms with E-state index in [-0.39, 0.29) is 0 Å². The van der Waals surface area contributed by atoms with Crippen molar-refractivity contribution < 1.29 is 0 Å². The third kappa shape index (κ3) is 6.95. The summed E-state index contributed by atoms with van der Waals surface area (Å²) in [4.78, 5) is 0. The average molecular weight is 700 g/mol. The van der Waals surface area contributed by atoms with Crippen LogP contribution in [0.3, 0.4) is 0 Å². The van der Waals surface area contributed by atoms with Crippen molar-refractivity contribution in [2.45, 2.75) is 25.7 Å². The summed E-state index contributed by atoms with van der Waals surface area (Å²) in [6, 6.07) is 16.5. The second-order valence-corrected chi connectivity index (χ2v) is 18.4. The number of benzene rings is 2. The van der Waals surface area contributed by atoms with E-state index in [1.165, 1.54) is 63.3 Å². The van der Waals surface area contributed by atoms with Crippen LogP contribution in [0.25, 0.3) is 0 Å². The molecule has 37 heavy (non-hydrogen) atoms. The predicted molar refractivity (Wildman–Crippen MR) is 188 cm³/mol. The van der Waals surface area contributed by atoms with Crippen molar-refractivity contribution in [1.82, 2.24) is 0 Å². The standard InChI is InChI=1S/C28H27BrS8/c1-30-25-26(31-2)35-23(34-25)20-11-16-5-7-17(8-6-16)12-21(24-36-27(32-3)28(33-4)37-24)15-19-10-9-18(13-20)14-22(19)29/h5-10,14H,11-13,15H2,1-4H3. The molecule has 6 aliphatic rings. The minimum atomic E-state index is 0.971. The normalized spacial score (nSPS) is 18.6. The van der Waals surface area contributed by atoms with E-state index in [4.69, 9.17) is 0 Å². The topological polar surface area (TPSA) is 0 Å². The Hall–Kier alpha value is 0.680. The predicted octanol–water partition coefficient (Wildman–Crippen LogP) is 11.4. The molecule has 194 valence electrons. The van der Waals surface area contributed by atoms with Crippen LogP contribution >= 0.6 is 110 Å². The largest absolute Gasteiger partial charge is 0.121 e. The van der Waals surface area contributed by atoms with Gasteiger partial charge >= 0.3 is 0 Å². The number of thioether (sulfide) groups is 8. The molecule has 4 bridgehead atoms. The zero-order valence-corrected chi connectivity index (χ0v) is 29.1. The minimum absolute atomic E-state index is 0.971. The summed E-state index contributed by atoms with van der Waals surface area (Å²) in [5.74, 6) is 0. The number of allylic oxidation sites excluding steroid dienone is 2. The van der Waals surface area contributed by atoms with Crippen molar-refractivity contribution in [3.63, 3.8) is 0 Å². The Labute approximate surface area is 263 Å². The molecular formula is C28H27BrS8. The van der Waals surface area contributed by atoms with E-state index in [1.807, 2.05) is 94.1 Å². The van der Waals surface area contributed by atoms with Crippen LogP contribution in [0.15, 0.2) is 83.5 Å². The smallest absolute Gasteiger partial charge is 0.0657 e. The highest BCUT2D eigenvalue weighted by molar-refractivity contribution is 9.10. The van der Waals surface area contributed by atoms with Crippen LogP contribution in [0.5, 0.6) is 0 Å². The van der Waals surface area contributed by atoms with Gasteiger partial charge in [-0.05, 0) is 90.2 Å². The highest BCUT2D eigenvalue weighted by atomic mass is 79.9. The van der Waals surface area contributed by atoms with Crippen LogP contribution < -0.4 is 0 Å². The Kier molecular flexibility index (Phi) is 10.7. The van der Waals surface area contributed by atoms with Gasteiger partial charge in [-0.2, -0.15) is 0 Å². The summed E-state index contributed by atoms with van der Waals surface area (Å²) in [5, 5.41) is 0. The molecule has 0 spiro atoms. The molecule has 0 nitrogen and oxygen atoms in total. The molecule has 9 heteroatoms. The molecule has 0 saturated heterocycles. The summed E-state index contributed by atoms with van der Waals surface area (Å²) in [6.07, 6.45) is 12.7. The molecule has 8 rings (SSSR count). The lowest BCUT2D eigenvalue weighted by molar-refractivity contribution is 0.998. The maximum Gasteiger partial charge on any atom is 0.0657 e. The van der Waals surface area contributed by atoms with Crippen molar-refractivity contribution in [2.24, 2.45) is 0 Å². The van der Waals surface area contributed by atoms with Gasteiger partial charge in [0.05, 0.1) is 25.4 Å². The summed E-state index contributed by atoms with van der Waals surface area (Å²) in [6.45, 7) is 0. The summed E-state index contributed by atoms with van der Waals surface area (Å²) < 4.78 is 9.93. The van der Waals surface area contributed by atoms with E-state index < -0.39 is 0 Å². The number of halogens is 1. The monoisotopic (exact) mass is 698 g/mol. The second-order valence-electron chi connectivity index (χ2n) is 8.61. The van der Waals surface area contributed by atoms with Crippen LogP contribution in [0, 0.1) is 0 Å². The zero-order chi connectivity index (χ0) is 25.9. The molecule has 0 unspecified atom stereocenters. The van der Waals surface area contributed by atoms with Gasteiger partial charge in [-0.15, -0.1) is 47.0 Å². The number of hydrogen-bond acceptors (Lipinski definition) is 8. The van der Waals surface area contributed by atoms with Crippen molar-refractivity contribution >= 4 is 110 Å². The van der Waals surface area contributed by atoms with Crippen LogP contribution in [0.1, 0.15) is 22.3 Å². The fraction of sp³-hybridized carbons (Fsp3) is 0.286. The van der Waals surface area contributed by atoms with Gasteiger partial charge in [0.1, 0.15) is 0 Å². The van der Waals surface area contributed by atoms with Crippen LogP contribution in [0.4, 0.5) is 0 Å². The van der Waals surface area contributed by atoms with Gasteiger partial charge in [0.15, 0.2) is 0 Å². The van der Waals surface area contributed by atoms with E-state index in [1.54, 1.807) is 0 Å². The zero-order valence-electron chi connectivity index (χ0n) is 21.0. The van der Waals surface area contributed by atoms with Crippen molar-refractivity contribution in [2.75, 3.05) is 25.0 Å². The maximum absolute atomic E-state index is 3.96. The van der Waals surface area contributed by atoms with E-state index >= 15 is 0 Å². The first-order valence-electron chi connectivity index (χ1n) is 11.7. The minimum Gasteiger partial charge on any atom is -0.121 e. The molecule has 0 atom stereocenters. The molecular weight excluding hydrogens is 673 g/mol. The van der Waals surface area contributed by atoms with Crippen molar-refractivity contribution in [3.8, 4) is 0 Å². The third-order valence-electron chi connectivity index (χ3n) is 6.19. The first-order chi connectivity index (χ1) is 18.0. The molecule has 2 aromatic carbocycles. The molecule has 2 aliphatic heterocycles. The summed E-state index contributed by atoms with van der Waals surface area (Å²) in [7, 11) is 0. The van der Waals surface area contributed by atoms with Gasteiger partial charge in [0.25, 0.3) is 0 Å². The molecule has 0 fully saturated rings. The van der Waals surface area contributed by atoms with Gasteiger partial charge in [-0.1, -0.05) is 99.4 Å². The van der Waals surface area contributed by atoms with E-state index in [2.05, 4.69) is 83.4 Å². The van der Waals surface area contributed by atoms with Crippen LogP contribution in [0.2, 0.25) is 0 Å². The van der Waals surface area contributed by atoms with Crippen molar-refractivity contribution in [3.05, 3.63) is 106 Å². The molecule has 0 saturated carbocycles. The third-order valence-corrected chi connectivity index (χ3v) is 17.7. The SMILES string of the molecule is CSC1=C(SC)SC(=C2Cc3ccc(cc3)CC(=C3SC(SC)=C(SC)S3)Cc3ccc(cc3Br)C2)S1. The van der Waals surface area contributed by atoms with Gasteiger partial charge in [-0.3, -0.25) is 0 Å². The first kappa shape index (κ1) is 29.2. The summed E-state index contributed by atoms with van der Waals surface area (Å²) >= 11 is 19.3. The fourth-order valence-corrected chi connectivity index (χ4v) is 15.0. The lowest BCUT2D eigenvalue weighted by Crippen LogP contribution is -2.03. The van der Waals surface area contributed by atoms with Gasteiger partial charge < -0.3 is 0 Å². The Balaban J connectivity index is 1.53. The Morgan fingerprint density at radius 1 is 0.541 bits per heavy atom. The molecule has 2 heterocycles. The van der Waals surface area contributed by atoms with Crippen LogP contribution in [-0.4, -0.2) is 25.0 Å². The molecule has 2 aromatic rings. The molecule has 0 amide bonds. The lowest BCUT2D eigenvalue weighted by Gasteiger charge is -2.17. The second kappa shape index (κ2) is 13.6. The fourth-order valence-electron chi connectivity index (χ4n) is 4.34. The molecule has 0 aromatic heterocycles. The van der Waals surface area contributed by atoms with Gasteiger partial charge in [0, 0.05) is 4.47 Å². The first-order valence-corrected chi connectivity index (χ1v) is 20.6. The van der Waals surface area contributed by atoms with Gasteiger partial charge in [0.2, 0.25) is 0 Å². The Morgan fingerprint density at radius 2 is 0.919 bits per heavy atom. The van der Waals surface area contributed by atoms with Crippen LogP contribution in [-0.2, 0) is 25.7 Å². The average Bonchev–Trinajstić information content (AvgIpc) is 3.54. The van der Waals surface area contributed by atoms with E-state index in [0.717, 1.165) is 25.7 Å². The molecule has 0 N–H and O–H groups in total. The van der Waals surface area contributed by atoms with Crippen molar-refractivity contribution in [1.29, 1.82) is 0 Å².